The summed E-state index contributed by atoms with van der Waals surface area (Å²) in [7, 11) is 0. The second-order valence-corrected chi connectivity index (χ2v) is 9.78. The van der Waals surface area contributed by atoms with Crippen molar-refractivity contribution in [2.45, 2.75) is 56.5 Å². The third-order valence-electron chi connectivity index (χ3n) is 6.83. The molecule has 2 N–H and O–H groups in total. The Morgan fingerprint density at radius 3 is 2.59 bits per heavy atom. The molecule has 4 fully saturated rings. The fraction of sp³-hybridized carbons (Fsp3) is 0.611. The van der Waals surface area contributed by atoms with Crippen molar-refractivity contribution in [3.05, 3.63) is 24.4 Å². The maximum atomic E-state index is 5.88. The molecule has 2 unspecified atom stereocenters. The van der Waals surface area contributed by atoms with Crippen LogP contribution in [0.4, 0.5) is 5.13 Å². The molecule has 4 saturated carbocycles. The molecule has 8 nitrogen and oxygen atoms in total. The van der Waals surface area contributed by atoms with E-state index >= 15 is 0 Å². The summed E-state index contributed by atoms with van der Waals surface area (Å²) < 4.78 is 2.41. The van der Waals surface area contributed by atoms with E-state index < -0.39 is 0 Å². The highest BCUT2D eigenvalue weighted by molar-refractivity contribution is 7.18. The van der Waals surface area contributed by atoms with Crippen LogP contribution in [0.3, 0.4) is 0 Å². The van der Waals surface area contributed by atoms with Gasteiger partial charge in [-0.15, -0.1) is 10.2 Å². The molecule has 4 bridgehead atoms. The number of hydrogen-bond donors (Lipinski definition) is 1. The van der Waals surface area contributed by atoms with Gasteiger partial charge in [-0.1, -0.05) is 11.3 Å². The van der Waals surface area contributed by atoms with Gasteiger partial charge in [0.1, 0.15) is 0 Å². The first kappa shape index (κ1) is 15.7. The Bertz CT molecular complexity index is 1000. The first-order valence-electron chi connectivity index (χ1n) is 9.58. The monoisotopic (exact) mass is 382 g/mol. The van der Waals surface area contributed by atoms with Crippen molar-refractivity contribution in [2.75, 3.05) is 5.73 Å². The summed E-state index contributed by atoms with van der Waals surface area (Å²) in [6.07, 6.45) is 13.0. The maximum absolute atomic E-state index is 5.88. The van der Waals surface area contributed by atoms with E-state index in [0.717, 1.165) is 22.9 Å². The highest BCUT2D eigenvalue weighted by Crippen LogP contribution is 2.63. The predicted molar refractivity (Wildman–Crippen MR) is 101 cm³/mol. The van der Waals surface area contributed by atoms with Gasteiger partial charge in [-0.05, 0) is 62.5 Å². The van der Waals surface area contributed by atoms with E-state index in [-0.39, 0.29) is 11.1 Å². The molecule has 27 heavy (non-hydrogen) atoms. The van der Waals surface area contributed by atoms with Crippen LogP contribution >= 0.6 is 11.3 Å². The molecular weight excluding hydrogens is 360 g/mol. The number of aromatic nitrogens is 7. The van der Waals surface area contributed by atoms with Crippen LogP contribution in [0.1, 0.15) is 44.3 Å². The molecule has 3 aromatic heterocycles. The number of nitrogen functional groups attached to an aromatic ring is 1. The minimum absolute atomic E-state index is 0.0143. The van der Waals surface area contributed by atoms with Crippen molar-refractivity contribution in [3.8, 4) is 10.7 Å². The van der Waals surface area contributed by atoms with Crippen LogP contribution in [0.2, 0.25) is 0 Å². The number of aryl methyl sites for hydroxylation is 1. The molecule has 4 aliphatic rings. The Balaban J connectivity index is 1.47. The Kier molecular flexibility index (Phi) is 3.00. The maximum Gasteiger partial charge on any atom is 0.180 e. The molecule has 140 valence electrons. The Labute approximate surface area is 160 Å². The molecular formula is C18H22N8S. The lowest BCUT2D eigenvalue weighted by Gasteiger charge is -2.61. The molecule has 0 amide bonds. The zero-order chi connectivity index (χ0) is 18.2. The van der Waals surface area contributed by atoms with Crippen molar-refractivity contribution >= 4 is 16.5 Å². The number of tetrazole rings is 1. The van der Waals surface area contributed by atoms with E-state index in [1.807, 2.05) is 24.1 Å². The average Bonchev–Trinajstić information content (AvgIpc) is 3.33. The molecule has 0 spiro atoms. The highest BCUT2D eigenvalue weighted by atomic mass is 32.1. The van der Waals surface area contributed by atoms with Crippen LogP contribution in [0.25, 0.3) is 10.7 Å². The van der Waals surface area contributed by atoms with Gasteiger partial charge in [0, 0.05) is 17.9 Å². The quantitative estimate of drug-likeness (QED) is 0.747. The van der Waals surface area contributed by atoms with Crippen molar-refractivity contribution in [1.29, 1.82) is 0 Å². The summed E-state index contributed by atoms with van der Waals surface area (Å²) >= 11 is 1.51. The third kappa shape index (κ3) is 2.17. The van der Waals surface area contributed by atoms with Gasteiger partial charge in [0.25, 0.3) is 0 Å². The number of rotatable bonds is 3. The SMILES string of the molecule is Cc1nnn(C23CC4CC(C2)CC(n2ccnc2-c2cnc(N)s2)(C4)C3)n1. The van der Waals surface area contributed by atoms with Crippen LogP contribution in [-0.2, 0) is 11.1 Å². The molecule has 3 aromatic rings. The molecule has 0 saturated heterocycles. The molecule has 0 radical (unpaired) electrons. The van der Waals surface area contributed by atoms with Crippen LogP contribution in [0, 0.1) is 18.8 Å². The number of anilines is 1. The standard InChI is InChI=1S/C18H22N8S/c1-11-22-24-26(23-11)18-7-12-4-13(8-18)6-17(5-12,10-18)25-3-2-20-15(25)14-9-21-16(19)27-14/h2-3,9,12-13H,4-8,10H2,1H3,(H2,19,21). The lowest BCUT2D eigenvalue weighted by Crippen LogP contribution is -2.60. The van der Waals surface area contributed by atoms with Crippen molar-refractivity contribution in [3.63, 3.8) is 0 Å². The summed E-state index contributed by atoms with van der Waals surface area (Å²) in [5, 5.41) is 13.8. The van der Waals surface area contributed by atoms with Crippen LogP contribution in [0.5, 0.6) is 0 Å². The largest absolute Gasteiger partial charge is 0.375 e. The Hall–Kier alpha value is -2.29. The summed E-state index contributed by atoms with van der Waals surface area (Å²) in [4.78, 5) is 11.9. The molecule has 0 aromatic carbocycles. The summed E-state index contributed by atoms with van der Waals surface area (Å²) in [6, 6.07) is 0. The van der Waals surface area contributed by atoms with E-state index in [1.54, 1.807) is 0 Å². The van der Waals surface area contributed by atoms with E-state index in [0.29, 0.717) is 17.0 Å². The number of nitrogens with two attached hydrogens (primary N) is 1. The van der Waals surface area contributed by atoms with E-state index in [4.69, 9.17) is 5.73 Å². The van der Waals surface area contributed by atoms with Crippen molar-refractivity contribution in [2.24, 2.45) is 11.8 Å². The molecule has 3 heterocycles. The minimum atomic E-state index is -0.0143. The van der Waals surface area contributed by atoms with E-state index in [1.165, 1.54) is 43.4 Å². The number of thiazole rings is 1. The zero-order valence-corrected chi connectivity index (χ0v) is 16.1. The van der Waals surface area contributed by atoms with Gasteiger partial charge in [-0.25, -0.2) is 9.97 Å². The summed E-state index contributed by atoms with van der Waals surface area (Å²) in [5.74, 6) is 3.16. The van der Waals surface area contributed by atoms with Gasteiger partial charge in [0.05, 0.1) is 16.6 Å². The molecule has 0 aliphatic heterocycles. The second kappa shape index (κ2) is 5.15. The Morgan fingerprint density at radius 2 is 1.93 bits per heavy atom. The molecule has 9 heteroatoms. The predicted octanol–water partition coefficient (Wildman–Crippen LogP) is 2.59. The van der Waals surface area contributed by atoms with Crippen molar-refractivity contribution < 1.29 is 0 Å². The van der Waals surface area contributed by atoms with E-state index in [9.17, 15) is 0 Å². The highest BCUT2D eigenvalue weighted by Gasteiger charge is 2.60. The van der Waals surface area contributed by atoms with E-state index in [2.05, 4.69) is 36.1 Å². The van der Waals surface area contributed by atoms with Gasteiger partial charge >= 0.3 is 0 Å². The van der Waals surface area contributed by atoms with Gasteiger partial charge in [-0.3, -0.25) is 0 Å². The van der Waals surface area contributed by atoms with Gasteiger partial charge in [-0.2, -0.15) is 4.80 Å². The Morgan fingerprint density at radius 1 is 1.15 bits per heavy atom. The molecule has 4 aliphatic carbocycles. The third-order valence-corrected chi connectivity index (χ3v) is 7.66. The number of nitrogens with zero attached hydrogens (tertiary/aromatic N) is 7. The fourth-order valence-corrected chi connectivity index (χ4v) is 7.11. The summed E-state index contributed by atoms with van der Waals surface area (Å²) in [6.45, 7) is 1.92. The van der Waals surface area contributed by atoms with Crippen molar-refractivity contribution in [1.82, 2.24) is 34.7 Å². The van der Waals surface area contributed by atoms with Gasteiger partial charge in [0.2, 0.25) is 0 Å². The van der Waals surface area contributed by atoms with Gasteiger partial charge < -0.3 is 10.3 Å². The average molecular weight is 382 g/mol. The number of hydrogen-bond acceptors (Lipinski definition) is 7. The first-order chi connectivity index (χ1) is 13.1. The van der Waals surface area contributed by atoms with Crippen LogP contribution in [0.15, 0.2) is 18.6 Å². The van der Waals surface area contributed by atoms with Crippen LogP contribution in [-0.4, -0.2) is 34.7 Å². The second-order valence-electron chi connectivity index (χ2n) is 8.72. The van der Waals surface area contributed by atoms with Crippen LogP contribution < -0.4 is 5.73 Å². The first-order valence-corrected chi connectivity index (χ1v) is 10.4. The molecule has 2 atom stereocenters. The normalized spacial score (nSPS) is 34.4. The lowest BCUT2D eigenvalue weighted by molar-refractivity contribution is -0.103. The smallest absolute Gasteiger partial charge is 0.180 e. The lowest BCUT2D eigenvalue weighted by atomic mass is 9.50. The minimum Gasteiger partial charge on any atom is -0.375 e. The molecule has 7 rings (SSSR count). The fourth-order valence-electron chi connectivity index (χ4n) is 6.43. The topological polar surface area (TPSA) is 100 Å². The van der Waals surface area contributed by atoms with Gasteiger partial charge in [0.15, 0.2) is 16.8 Å². The summed E-state index contributed by atoms with van der Waals surface area (Å²) in [5.41, 5.74) is 5.94. The zero-order valence-electron chi connectivity index (χ0n) is 15.2. The number of imidazole rings is 1.